The number of nitrogens with zero attached hydrogens (tertiary/aromatic N) is 2. The molecule has 0 radical (unpaired) electrons. The number of nitrogens with one attached hydrogen (secondary N) is 1. The molecule has 1 aliphatic rings. The Kier molecular flexibility index (Phi) is 10.4. The smallest absolute Gasteiger partial charge is 0.369 e. The molecule has 0 saturated carbocycles. The maximum atomic E-state index is 13.5. The number of para-hydroxylation sites is 1. The fourth-order valence-corrected chi connectivity index (χ4v) is 4.86. The summed E-state index contributed by atoms with van der Waals surface area (Å²) < 4.78 is 77.4. The maximum absolute atomic E-state index is 13.5. The van der Waals surface area contributed by atoms with Crippen molar-refractivity contribution in [2.75, 3.05) is 10.9 Å². The second kappa shape index (κ2) is 13.4. The maximum Gasteiger partial charge on any atom is 0.389 e. The number of fused-ring (bicyclic) bond motifs is 1. The number of nitrogens with two attached hydrogens (primary N) is 1. The third-order valence-electron chi connectivity index (χ3n) is 6.56. The molecule has 0 unspecified atom stereocenters. The van der Waals surface area contributed by atoms with E-state index < -0.39 is 80.2 Å². The van der Waals surface area contributed by atoms with Crippen LogP contribution in [0.3, 0.4) is 0 Å². The first-order valence-electron chi connectivity index (χ1n) is 12.5. The zero-order chi connectivity index (χ0) is 30.4. The SMILES string of the molecule is NC(=O)[C@@H](CCC(F)(F)F)[C@@H](CCCC(F)(F)F)C(=O)N[C@H]1N=C(c2ccccc2)c2ccccc2N(CCl)C1=O. The van der Waals surface area contributed by atoms with Crippen molar-refractivity contribution in [2.24, 2.45) is 22.6 Å². The van der Waals surface area contributed by atoms with Crippen LogP contribution >= 0.6 is 11.6 Å². The van der Waals surface area contributed by atoms with Crippen LogP contribution in [0.1, 0.15) is 43.2 Å². The molecular weight excluding hydrogens is 578 g/mol. The largest absolute Gasteiger partial charge is 0.389 e. The molecule has 222 valence electrons. The van der Waals surface area contributed by atoms with Gasteiger partial charge >= 0.3 is 12.4 Å². The van der Waals surface area contributed by atoms with Crippen molar-refractivity contribution in [2.45, 2.75) is 50.6 Å². The number of halogens is 7. The van der Waals surface area contributed by atoms with Crippen molar-refractivity contribution in [1.82, 2.24) is 5.32 Å². The highest BCUT2D eigenvalue weighted by atomic mass is 35.5. The van der Waals surface area contributed by atoms with Gasteiger partial charge in [-0.05, 0) is 25.3 Å². The molecule has 2 aromatic carbocycles. The molecule has 0 spiro atoms. The molecule has 14 heteroatoms. The molecule has 0 saturated heterocycles. The van der Waals surface area contributed by atoms with Gasteiger partial charge in [-0.3, -0.25) is 19.3 Å². The standard InChI is InChI=1S/C27H27ClF6N4O3/c28-15-38-20-11-5-4-9-19(20)21(16-7-2-1-3-8-16)36-23(25(38)41)37-24(40)18(10-6-13-26(29,30)31)17(22(35)39)12-14-27(32,33)34/h1-5,7-9,11,17-18,23H,6,10,12-15H2,(H2,35,39)(H,37,40)/t17-,18+,23+/m0/s1. The Morgan fingerprint density at radius 2 is 1.54 bits per heavy atom. The number of rotatable bonds is 11. The van der Waals surface area contributed by atoms with E-state index in [2.05, 4.69) is 10.3 Å². The van der Waals surface area contributed by atoms with E-state index in [0.717, 1.165) is 4.90 Å². The fraction of sp³-hybridized carbons (Fsp3) is 0.407. The lowest BCUT2D eigenvalue weighted by molar-refractivity contribution is -0.147. The van der Waals surface area contributed by atoms with Gasteiger partial charge in [0, 0.05) is 35.8 Å². The first kappa shape index (κ1) is 31.9. The van der Waals surface area contributed by atoms with Crippen LogP contribution in [-0.4, -0.2) is 48.0 Å². The lowest BCUT2D eigenvalue weighted by Gasteiger charge is -2.27. The summed E-state index contributed by atoms with van der Waals surface area (Å²) in [5.41, 5.74) is 7.02. The molecule has 0 bridgehead atoms. The van der Waals surface area contributed by atoms with Gasteiger partial charge in [-0.2, -0.15) is 26.3 Å². The number of carbonyl (C=O) groups is 3. The Balaban J connectivity index is 2.01. The molecule has 0 fully saturated rings. The number of benzodiazepines with no additional fused rings is 1. The monoisotopic (exact) mass is 604 g/mol. The molecule has 0 aromatic heterocycles. The van der Waals surface area contributed by atoms with Gasteiger partial charge in [0.15, 0.2) is 0 Å². The summed E-state index contributed by atoms with van der Waals surface area (Å²) in [6.45, 7) is 0. The highest BCUT2D eigenvalue weighted by Gasteiger charge is 2.40. The summed E-state index contributed by atoms with van der Waals surface area (Å²) in [5.74, 6) is -6.64. The van der Waals surface area contributed by atoms with E-state index in [4.69, 9.17) is 17.3 Å². The number of anilines is 1. The van der Waals surface area contributed by atoms with Crippen LogP contribution in [-0.2, 0) is 14.4 Å². The van der Waals surface area contributed by atoms with Crippen LogP contribution in [0.2, 0.25) is 0 Å². The van der Waals surface area contributed by atoms with Gasteiger partial charge in [0.05, 0.1) is 11.4 Å². The molecule has 2 aromatic rings. The first-order chi connectivity index (χ1) is 19.2. The lowest BCUT2D eigenvalue weighted by Crippen LogP contribution is -2.50. The zero-order valence-corrected chi connectivity index (χ0v) is 22.3. The number of amides is 3. The van der Waals surface area contributed by atoms with Crippen LogP contribution in [0.15, 0.2) is 59.6 Å². The van der Waals surface area contributed by atoms with E-state index in [9.17, 15) is 40.7 Å². The number of alkyl halides is 7. The number of hydrogen-bond acceptors (Lipinski definition) is 4. The summed E-state index contributed by atoms with van der Waals surface area (Å²) >= 11 is 6.09. The Labute approximate surface area is 236 Å². The summed E-state index contributed by atoms with van der Waals surface area (Å²) in [6.07, 6.45) is -16.0. The number of primary amides is 1. The summed E-state index contributed by atoms with van der Waals surface area (Å²) in [7, 11) is 0. The third kappa shape index (κ3) is 8.69. The minimum atomic E-state index is -4.71. The molecule has 0 aliphatic carbocycles. The topological polar surface area (TPSA) is 105 Å². The van der Waals surface area contributed by atoms with Gasteiger partial charge in [-0.1, -0.05) is 48.5 Å². The second-order valence-electron chi connectivity index (χ2n) is 9.43. The quantitative estimate of drug-likeness (QED) is 0.207. The van der Waals surface area contributed by atoms with Crippen molar-refractivity contribution in [1.29, 1.82) is 0 Å². The normalized spacial score (nSPS) is 17.2. The van der Waals surface area contributed by atoms with Crippen LogP contribution in [0.5, 0.6) is 0 Å². The van der Waals surface area contributed by atoms with Crippen molar-refractivity contribution < 1.29 is 40.7 Å². The third-order valence-corrected chi connectivity index (χ3v) is 6.79. The Morgan fingerprint density at radius 1 is 0.927 bits per heavy atom. The molecule has 3 atom stereocenters. The molecule has 3 rings (SSSR count). The van der Waals surface area contributed by atoms with E-state index in [1.807, 2.05) is 0 Å². The molecule has 7 nitrogen and oxygen atoms in total. The van der Waals surface area contributed by atoms with Gasteiger partial charge < -0.3 is 11.1 Å². The van der Waals surface area contributed by atoms with Gasteiger partial charge in [-0.25, -0.2) is 4.99 Å². The second-order valence-corrected chi connectivity index (χ2v) is 9.67. The highest BCUT2D eigenvalue weighted by molar-refractivity contribution is 6.25. The van der Waals surface area contributed by atoms with Crippen molar-refractivity contribution in [3.05, 3.63) is 65.7 Å². The van der Waals surface area contributed by atoms with Gasteiger partial charge in [-0.15, -0.1) is 11.6 Å². The molecule has 41 heavy (non-hydrogen) atoms. The minimum Gasteiger partial charge on any atom is -0.369 e. The van der Waals surface area contributed by atoms with E-state index in [1.165, 1.54) is 0 Å². The Bertz CT molecular complexity index is 1270. The van der Waals surface area contributed by atoms with E-state index in [0.29, 0.717) is 16.8 Å². The van der Waals surface area contributed by atoms with E-state index >= 15 is 0 Å². The fourth-order valence-electron chi connectivity index (χ4n) is 4.61. The molecule has 3 N–H and O–H groups in total. The Hall–Kier alpha value is -3.61. The lowest BCUT2D eigenvalue weighted by atomic mass is 9.83. The molecular formula is C27H27ClF6N4O3. The summed E-state index contributed by atoms with van der Waals surface area (Å²) in [6, 6.07) is 14.9. The zero-order valence-electron chi connectivity index (χ0n) is 21.5. The van der Waals surface area contributed by atoms with E-state index in [1.54, 1.807) is 54.6 Å². The summed E-state index contributed by atoms with van der Waals surface area (Å²) in [4.78, 5) is 44.7. The average molecular weight is 605 g/mol. The predicted molar refractivity (Wildman–Crippen MR) is 140 cm³/mol. The van der Waals surface area contributed by atoms with Crippen LogP contribution < -0.4 is 16.0 Å². The molecule has 1 heterocycles. The Morgan fingerprint density at radius 3 is 2.12 bits per heavy atom. The molecule has 1 aliphatic heterocycles. The number of aliphatic imine (C=N–C) groups is 1. The van der Waals surface area contributed by atoms with Gasteiger partial charge in [0.1, 0.15) is 6.00 Å². The van der Waals surface area contributed by atoms with Crippen molar-refractivity contribution in [3.63, 3.8) is 0 Å². The number of benzene rings is 2. The number of carbonyl (C=O) groups excluding carboxylic acids is 3. The van der Waals surface area contributed by atoms with Crippen molar-refractivity contribution >= 4 is 40.7 Å². The van der Waals surface area contributed by atoms with Crippen LogP contribution in [0, 0.1) is 11.8 Å². The van der Waals surface area contributed by atoms with Gasteiger partial charge in [0.2, 0.25) is 18.0 Å². The average Bonchev–Trinajstić information content (AvgIpc) is 3.00. The number of hydrogen-bond donors (Lipinski definition) is 2. The van der Waals surface area contributed by atoms with Crippen LogP contribution in [0.4, 0.5) is 32.0 Å². The van der Waals surface area contributed by atoms with E-state index in [-0.39, 0.29) is 11.7 Å². The highest BCUT2D eigenvalue weighted by Crippen LogP contribution is 2.33. The van der Waals surface area contributed by atoms with Crippen molar-refractivity contribution in [3.8, 4) is 0 Å². The van der Waals surface area contributed by atoms with Crippen LogP contribution in [0.25, 0.3) is 0 Å². The first-order valence-corrected chi connectivity index (χ1v) is 13.1. The minimum absolute atomic E-state index is 0.282. The summed E-state index contributed by atoms with van der Waals surface area (Å²) in [5, 5.41) is 2.34. The van der Waals surface area contributed by atoms with Gasteiger partial charge in [0.25, 0.3) is 5.91 Å². The predicted octanol–water partition coefficient (Wildman–Crippen LogP) is 5.30. The molecule has 3 amide bonds.